The third-order valence-electron chi connectivity index (χ3n) is 3.52. The summed E-state index contributed by atoms with van der Waals surface area (Å²) in [6.07, 6.45) is 0. The van der Waals surface area contributed by atoms with Gasteiger partial charge in [0.2, 0.25) is 0 Å². The fourth-order valence-electron chi connectivity index (χ4n) is 2.18. The van der Waals surface area contributed by atoms with Crippen LogP contribution in [-0.2, 0) is 5.54 Å². The molecule has 0 saturated heterocycles. The van der Waals surface area contributed by atoms with Gasteiger partial charge in [-0.1, -0.05) is 35.0 Å². The van der Waals surface area contributed by atoms with E-state index in [1.54, 1.807) is 42.5 Å². The number of oxime groups is 1. The van der Waals surface area contributed by atoms with Gasteiger partial charge in [-0.05, 0) is 49.7 Å². The molecule has 2 aromatic rings. The lowest BCUT2D eigenvalue weighted by molar-refractivity contribution is 0.242. The van der Waals surface area contributed by atoms with Crippen molar-refractivity contribution >= 4 is 29.2 Å². The Hall–Kier alpha value is -2.73. The number of benzene rings is 2. The van der Waals surface area contributed by atoms with Crippen molar-refractivity contribution in [1.82, 2.24) is 5.32 Å². The molecule has 6 nitrogen and oxygen atoms in total. The fourth-order valence-corrected chi connectivity index (χ4v) is 2.30. The maximum Gasteiger partial charge on any atom is 0.319 e. The van der Waals surface area contributed by atoms with Gasteiger partial charge in [0.05, 0.1) is 5.54 Å². The van der Waals surface area contributed by atoms with Gasteiger partial charge in [-0.2, -0.15) is 0 Å². The molecule has 0 aromatic heterocycles. The van der Waals surface area contributed by atoms with Gasteiger partial charge < -0.3 is 21.6 Å². The molecular formula is C17H19ClN4O2. The van der Waals surface area contributed by atoms with Gasteiger partial charge >= 0.3 is 6.03 Å². The van der Waals surface area contributed by atoms with E-state index >= 15 is 0 Å². The van der Waals surface area contributed by atoms with Crippen LogP contribution in [0.4, 0.5) is 10.5 Å². The van der Waals surface area contributed by atoms with Crippen LogP contribution in [0.5, 0.6) is 0 Å². The number of amides is 2. The van der Waals surface area contributed by atoms with Gasteiger partial charge in [-0.15, -0.1) is 0 Å². The van der Waals surface area contributed by atoms with Crippen molar-refractivity contribution in [3.05, 3.63) is 64.7 Å². The summed E-state index contributed by atoms with van der Waals surface area (Å²) in [5.41, 5.74) is 6.97. The molecule has 2 rings (SSSR count). The number of halogens is 1. The topological polar surface area (TPSA) is 99.7 Å². The molecule has 0 aliphatic carbocycles. The molecule has 5 N–H and O–H groups in total. The van der Waals surface area contributed by atoms with E-state index in [1.165, 1.54) is 0 Å². The number of amidine groups is 1. The van der Waals surface area contributed by atoms with Gasteiger partial charge in [0.25, 0.3) is 0 Å². The Bertz CT molecular complexity index is 757. The molecule has 7 heteroatoms. The van der Waals surface area contributed by atoms with Crippen molar-refractivity contribution in [2.75, 3.05) is 5.32 Å². The van der Waals surface area contributed by atoms with Gasteiger partial charge in [-0.25, -0.2) is 4.79 Å². The summed E-state index contributed by atoms with van der Waals surface area (Å²) in [6.45, 7) is 3.72. The summed E-state index contributed by atoms with van der Waals surface area (Å²) in [7, 11) is 0. The number of urea groups is 1. The number of hydrogen-bond acceptors (Lipinski definition) is 3. The van der Waals surface area contributed by atoms with E-state index in [0.29, 0.717) is 16.3 Å². The number of nitrogens with zero attached hydrogens (tertiary/aromatic N) is 1. The molecule has 0 bridgehead atoms. The molecule has 0 unspecified atom stereocenters. The molecule has 0 fully saturated rings. The Morgan fingerprint density at radius 3 is 2.50 bits per heavy atom. The monoisotopic (exact) mass is 346 g/mol. The van der Waals surface area contributed by atoms with Crippen molar-refractivity contribution in [3.8, 4) is 0 Å². The third kappa shape index (κ3) is 4.39. The fraction of sp³-hybridized carbons (Fsp3) is 0.176. The Kier molecular flexibility index (Phi) is 5.31. The molecule has 0 atom stereocenters. The largest absolute Gasteiger partial charge is 0.409 e. The average Bonchev–Trinajstić information content (AvgIpc) is 2.56. The molecule has 24 heavy (non-hydrogen) atoms. The zero-order valence-electron chi connectivity index (χ0n) is 13.4. The number of nitrogens with two attached hydrogens (primary N) is 1. The summed E-state index contributed by atoms with van der Waals surface area (Å²) in [4.78, 5) is 12.2. The summed E-state index contributed by atoms with van der Waals surface area (Å²) in [5, 5.41) is 18.0. The molecular weight excluding hydrogens is 328 g/mol. The van der Waals surface area contributed by atoms with E-state index in [-0.39, 0.29) is 11.9 Å². The van der Waals surface area contributed by atoms with Crippen LogP contribution in [-0.4, -0.2) is 17.1 Å². The van der Waals surface area contributed by atoms with Crippen molar-refractivity contribution in [1.29, 1.82) is 0 Å². The molecule has 2 amide bonds. The molecule has 0 radical (unpaired) electrons. The summed E-state index contributed by atoms with van der Waals surface area (Å²) in [6, 6.07) is 13.6. The number of carbonyl (C=O) groups is 1. The SMILES string of the molecule is CC(C)(NC(=O)Nc1ccc(Cl)cc1)c1cccc(/C(N)=N/O)c1. The predicted molar refractivity (Wildman–Crippen MR) is 95.6 cm³/mol. The van der Waals surface area contributed by atoms with Crippen LogP contribution >= 0.6 is 11.6 Å². The summed E-state index contributed by atoms with van der Waals surface area (Å²) >= 11 is 5.82. The molecule has 126 valence electrons. The maximum atomic E-state index is 12.2. The van der Waals surface area contributed by atoms with E-state index in [0.717, 1.165) is 5.56 Å². The van der Waals surface area contributed by atoms with Crippen LogP contribution in [0, 0.1) is 0 Å². The van der Waals surface area contributed by atoms with Crippen LogP contribution in [0.25, 0.3) is 0 Å². The van der Waals surface area contributed by atoms with Crippen molar-refractivity contribution in [3.63, 3.8) is 0 Å². The van der Waals surface area contributed by atoms with E-state index in [4.69, 9.17) is 22.5 Å². The third-order valence-corrected chi connectivity index (χ3v) is 3.77. The predicted octanol–water partition coefficient (Wildman–Crippen LogP) is 3.49. The lowest BCUT2D eigenvalue weighted by atomic mass is 9.93. The van der Waals surface area contributed by atoms with Crippen LogP contribution < -0.4 is 16.4 Å². The van der Waals surface area contributed by atoms with E-state index in [2.05, 4.69) is 15.8 Å². The highest BCUT2D eigenvalue weighted by atomic mass is 35.5. The smallest absolute Gasteiger partial charge is 0.319 e. The molecule has 0 aliphatic rings. The number of rotatable bonds is 4. The Labute approximate surface area is 145 Å². The zero-order valence-corrected chi connectivity index (χ0v) is 14.1. The first-order valence-electron chi connectivity index (χ1n) is 7.25. The lowest BCUT2D eigenvalue weighted by Gasteiger charge is -2.27. The van der Waals surface area contributed by atoms with Crippen LogP contribution in [0.2, 0.25) is 5.02 Å². The number of anilines is 1. The second kappa shape index (κ2) is 7.23. The normalized spacial score (nSPS) is 11.9. The number of nitrogens with one attached hydrogen (secondary N) is 2. The van der Waals surface area contributed by atoms with E-state index < -0.39 is 5.54 Å². The molecule has 0 spiro atoms. The Balaban J connectivity index is 2.12. The van der Waals surface area contributed by atoms with Gasteiger partial charge in [0.1, 0.15) is 0 Å². The minimum absolute atomic E-state index is 0.0123. The van der Waals surface area contributed by atoms with E-state index in [1.807, 2.05) is 19.9 Å². The zero-order chi connectivity index (χ0) is 17.7. The van der Waals surface area contributed by atoms with Crippen LogP contribution in [0.3, 0.4) is 0 Å². The molecule has 2 aromatic carbocycles. The second-order valence-electron chi connectivity index (χ2n) is 5.78. The average molecular weight is 347 g/mol. The highest BCUT2D eigenvalue weighted by molar-refractivity contribution is 6.30. The molecule has 0 heterocycles. The highest BCUT2D eigenvalue weighted by Gasteiger charge is 2.23. The van der Waals surface area contributed by atoms with Gasteiger partial charge in [0.15, 0.2) is 5.84 Å². The summed E-state index contributed by atoms with van der Waals surface area (Å²) in [5.74, 6) is 0.0123. The van der Waals surface area contributed by atoms with Crippen molar-refractivity contribution in [2.45, 2.75) is 19.4 Å². The van der Waals surface area contributed by atoms with Gasteiger partial charge in [0, 0.05) is 16.3 Å². The number of hydrogen-bond donors (Lipinski definition) is 4. The highest BCUT2D eigenvalue weighted by Crippen LogP contribution is 2.21. The minimum atomic E-state index is -0.664. The molecule has 0 saturated carbocycles. The quantitative estimate of drug-likeness (QED) is 0.295. The first-order chi connectivity index (χ1) is 11.3. The van der Waals surface area contributed by atoms with E-state index in [9.17, 15) is 4.79 Å². The van der Waals surface area contributed by atoms with Gasteiger partial charge in [-0.3, -0.25) is 0 Å². The first kappa shape index (κ1) is 17.6. The van der Waals surface area contributed by atoms with Crippen molar-refractivity contribution in [2.24, 2.45) is 10.9 Å². The Morgan fingerprint density at radius 2 is 1.88 bits per heavy atom. The van der Waals surface area contributed by atoms with Crippen molar-refractivity contribution < 1.29 is 10.0 Å². The van der Waals surface area contributed by atoms with Crippen LogP contribution in [0.1, 0.15) is 25.0 Å². The number of carbonyl (C=O) groups excluding carboxylic acids is 1. The second-order valence-corrected chi connectivity index (χ2v) is 6.21. The Morgan fingerprint density at radius 1 is 1.21 bits per heavy atom. The maximum absolute atomic E-state index is 12.2. The minimum Gasteiger partial charge on any atom is -0.409 e. The summed E-state index contributed by atoms with van der Waals surface area (Å²) < 4.78 is 0. The molecule has 0 aliphatic heterocycles. The first-order valence-corrected chi connectivity index (χ1v) is 7.63. The van der Waals surface area contributed by atoms with Crippen LogP contribution in [0.15, 0.2) is 53.7 Å². The standard InChI is InChI=1S/C17H19ClN4O2/c1-17(2,12-5-3-4-11(10-12)15(19)22-24)21-16(23)20-14-8-6-13(18)7-9-14/h3-10,24H,1-2H3,(H2,19,22)(H2,20,21,23). The lowest BCUT2D eigenvalue weighted by Crippen LogP contribution is -2.43.